The Bertz CT molecular complexity index is 631. The van der Waals surface area contributed by atoms with E-state index in [9.17, 15) is 4.79 Å². The molecule has 4 heterocycles. The molecule has 0 aromatic heterocycles. The van der Waals surface area contributed by atoms with Crippen molar-refractivity contribution in [1.82, 2.24) is 0 Å². The second-order valence-corrected chi connectivity index (χ2v) is 10.4. The zero-order chi connectivity index (χ0) is 21.4. The molecule has 0 aromatic carbocycles. The normalized spacial score (nSPS) is 44.5. The van der Waals surface area contributed by atoms with Crippen LogP contribution in [0.5, 0.6) is 0 Å². The maximum Gasteiger partial charge on any atom is 0.338 e. The number of halogens is 1. The van der Waals surface area contributed by atoms with Crippen molar-refractivity contribution < 1.29 is 28.8 Å². The Labute approximate surface area is 185 Å². The molecule has 0 aromatic rings. The first-order valence-electron chi connectivity index (χ1n) is 11.8. The molecular weight excluding hydrogens is 408 g/mol. The summed E-state index contributed by atoms with van der Waals surface area (Å²) in [6.07, 6.45) is 9.48. The minimum atomic E-state index is -1.07. The van der Waals surface area contributed by atoms with Gasteiger partial charge in [0.05, 0.1) is 6.61 Å². The van der Waals surface area contributed by atoms with Crippen LogP contribution in [0.3, 0.4) is 0 Å². The van der Waals surface area contributed by atoms with Gasteiger partial charge in [0.25, 0.3) is 0 Å². The third-order valence-corrected chi connectivity index (χ3v) is 8.17. The third kappa shape index (κ3) is 3.81. The molecule has 4 aliphatic heterocycles. The van der Waals surface area contributed by atoms with E-state index >= 15 is 0 Å². The van der Waals surface area contributed by atoms with Gasteiger partial charge >= 0.3 is 5.97 Å². The highest BCUT2D eigenvalue weighted by atomic mass is 35.5. The topological polar surface area (TPSA) is 63.2 Å². The van der Waals surface area contributed by atoms with Crippen LogP contribution < -0.4 is 0 Å². The molecular formula is C23H37ClO6. The van der Waals surface area contributed by atoms with Gasteiger partial charge in [-0.05, 0) is 57.8 Å². The molecule has 0 amide bonds. The van der Waals surface area contributed by atoms with Gasteiger partial charge in [-0.15, -0.1) is 11.6 Å². The van der Waals surface area contributed by atoms with E-state index in [1.165, 1.54) is 12.8 Å². The predicted molar refractivity (Wildman–Crippen MR) is 112 cm³/mol. The van der Waals surface area contributed by atoms with E-state index in [2.05, 4.69) is 6.92 Å². The second-order valence-electron chi connectivity index (χ2n) is 10.0. The molecule has 1 aliphatic carbocycles. The van der Waals surface area contributed by atoms with E-state index in [1.807, 2.05) is 13.8 Å². The van der Waals surface area contributed by atoms with Crippen molar-refractivity contribution in [3.05, 3.63) is 0 Å². The first-order chi connectivity index (χ1) is 14.4. The first kappa shape index (κ1) is 22.8. The summed E-state index contributed by atoms with van der Waals surface area (Å²) in [5.74, 6) is 0.186. The fourth-order valence-corrected chi connectivity index (χ4v) is 6.30. The summed E-state index contributed by atoms with van der Waals surface area (Å²) in [6, 6.07) is 0. The highest BCUT2D eigenvalue weighted by Gasteiger charge is 2.76. The number of carbonyl (C=O) groups is 1. The molecule has 6 nitrogen and oxygen atoms in total. The number of hydrogen-bond donors (Lipinski definition) is 0. The second kappa shape index (κ2) is 8.86. The number of alkyl halides is 1. The van der Waals surface area contributed by atoms with Crippen molar-refractivity contribution in [2.45, 2.75) is 108 Å². The number of rotatable bonds is 9. The zero-order valence-electron chi connectivity index (χ0n) is 18.6. The van der Waals surface area contributed by atoms with E-state index in [-0.39, 0.29) is 17.8 Å². The molecule has 2 bridgehead atoms. The van der Waals surface area contributed by atoms with E-state index in [1.54, 1.807) is 0 Å². The maximum atomic E-state index is 13.2. The van der Waals surface area contributed by atoms with Gasteiger partial charge in [0.1, 0.15) is 0 Å². The summed E-state index contributed by atoms with van der Waals surface area (Å²) < 4.78 is 18.3. The number of carbonyl (C=O) groups excluding carboxylic acids is 1. The molecule has 5 aliphatic rings. The molecule has 7 heteroatoms. The summed E-state index contributed by atoms with van der Waals surface area (Å²) in [5, 5.41) is 0. The Balaban J connectivity index is 1.39. The molecule has 7 atom stereocenters. The lowest BCUT2D eigenvalue weighted by molar-refractivity contribution is -0.541. The van der Waals surface area contributed by atoms with E-state index < -0.39 is 23.3 Å². The molecule has 5 fully saturated rings. The highest BCUT2D eigenvalue weighted by Crippen LogP contribution is 2.63. The van der Waals surface area contributed by atoms with Crippen LogP contribution in [0.1, 0.15) is 85.0 Å². The Morgan fingerprint density at radius 2 is 1.73 bits per heavy atom. The van der Waals surface area contributed by atoms with Gasteiger partial charge in [0, 0.05) is 18.2 Å². The van der Waals surface area contributed by atoms with Crippen LogP contribution >= 0.6 is 11.6 Å². The summed E-state index contributed by atoms with van der Waals surface area (Å²) in [7, 11) is 0. The van der Waals surface area contributed by atoms with Gasteiger partial charge in [-0.3, -0.25) is 0 Å². The minimum Gasteiger partial charge on any atom is -0.464 e. The number of hydrogen-bond acceptors (Lipinski definition) is 6. The lowest BCUT2D eigenvalue weighted by Gasteiger charge is -2.50. The molecule has 4 saturated heterocycles. The van der Waals surface area contributed by atoms with Crippen LogP contribution in [0.2, 0.25) is 0 Å². The minimum absolute atomic E-state index is 0.137. The van der Waals surface area contributed by atoms with Crippen molar-refractivity contribution in [3.8, 4) is 0 Å². The molecule has 0 N–H and O–H groups in total. The van der Waals surface area contributed by atoms with Crippen molar-refractivity contribution >= 4 is 17.6 Å². The SMILES string of the molecule is C[C@@H]1CC[C@@H]2[C@]34OO[C@@](C)(CCC13)O[C@H]4O[C@]2(C)C(=O)OCCCCCCCCCl. The van der Waals surface area contributed by atoms with Gasteiger partial charge in [0.15, 0.2) is 17.5 Å². The number of ether oxygens (including phenoxy) is 3. The smallest absolute Gasteiger partial charge is 0.338 e. The molecule has 5 rings (SSSR count). The quantitative estimate of drug-likeness (QED) is 0.213. The fraction of sp³-hybridized carbons (Fsp3) is 0.957. The fourth-order valence-electron chi connectivity index (χ4n) is 6.11. The van der Waals surface area contributed by atoms with E-state index in [4.69, 9.17) is 35.6 Å². The van der Waals surface area contributed by atoms with Crippen LogP contribution in [0.25, 0.3) is 0 Å². The van der Waals surface area contributed by atoms with Crippen LogP contribution in [0.15, 0.2) is 0 Å². The average Bonchev–Trinajstić information content (AvgIpc) is 2.80. The molecule has 30 heavy (non-hydrogen) atoms. The van der Waals surface area contributed by atoms with Crippen LogP contribution in [-0.2, 0) is 28.8 Å². The average molecular weight is 445 g/mol. The standard InChI is InChI=1S/C23H37ClO6/c1-16-10-11-18-22(3,19(25)26-15-9-7-5-4-6-8-14-24)28-20-23(18)17(16)12-13-21(2,27-20)29-30-23/h16-18,20H,4-15H2,1-3H3/t16-,17?,18+,20+,21+,22+,23-/m1/s1. The Morgan fingerprint density at radius 3 is 2.50 bits per heavy atom. The predicted octanol–water partition coefficient (Wildman–Crippen LogP) is 5.11. The maximum absolute atomic E-state index is 13.2. The van der Waals surface area contributed by atoms with Crippen molar-refractivity contribution in [2.75, 3.05) is 12.5 Å². The summed E-state index contributed by atoms with van der Waals surface area (Å²) in [6.45, 7) is 6.43. The Kier molecular flexibility index (Phi) is 6.72. The lowest BCUT2D eigenvalue weighted by Crippen LogP contribution is -2.62. The molecule has 1 spiro atoms. The highest BCUT2D eigenvalue weighted by molar-refractivity contribution is 6.17. The van der Waals surface area contributed by atoms with Gasteiger partial charge in [-0.2, -0.15) is 0 Å². The summed E-state index contributed by atoms with van der Waals surface area (Å²) in [4.78, 5) is 25.1. The monoisotopic (exact) mass is 444 g/mol. The molecule has 0 radical (unpaired) electrons. The number of fused-ring (bicyclic) bond motifs is 2. The Morgan fingerprint density at radius 1 is 1.00 bits per heavy atom. The van der Waals surface area contributed by atoms with E-state index in [0.717, 1.165) is 57.2 Å². The third-order valence-electron chi connectivity index (χ3n) is 7.90. The lowest BCUT2D eigenvalue weighted by atomic mass is 9.60. The van der Waals surface area contributed by atoms with Gasteiger partial charge in [0.2, 0.25) is 5.79 Å². The molecule has 172 valence electrons. The molecule has 1 saturated carbocycles. The number of unbranched alkanes of at least 4 members (excludes halogenated alkanes) is 5. The summed E-state index contributed by atoms with van der Waals surface area (Å²) in [5.41, 5.74) is -1.81. The van der Waals surface area contributed by atoms with Crippen molar-refractivity contribution in [3.63, 3.8) is 0 Å². The van der Waals surface area contributed by atoms with Gasteiger partial charge in [-0.1, -0.05) is 32.6 Å². The Hall–Kier alpha value is -0.400. The molecule has 1 unspecified atom stereocenters. The van der Waals surface area contributed by atoms with Crippen LogP contribution in [0.4, 0.5) is 0 Å². The van der Waals surface area contributed by atoms with Crippen LogP contribution in [-0.4, -0.2) is 41.7 Å². The first-order valence-corrected chi connectivity index (χ1v) is 12.3. The summed E-state index contributed by atoms with van der Waals surface area (Å²) >= 11 is 5.71. The largest absolute Gasteiger partial charge is 0.464 e. The van der Waals surface area contributed by atoms with E-state index in [0.29, 0.717) is 12.5 Å². The zero-order valence-corrected chi connectivity index (χ0v) is 19.4. The van der Waals surface area contributed by atoms with Gasteiger partial charge in [-0.25, -0.2) is 14.6 Å². The van der Waals surface area contributed by atoms with Crippen molar-refractivity contribution in [2.24, 2.45) is 17.8 Å². The van der Waals surface area contributed by atoms with Gasteiger partial charge < -0.3 is 14.2 Å². The van der Waals surface area contributed by atoms with Crippen LogP contribution in [0, 0.1) is 17.8 Å². The number of esters is 1. The van der Waals surface area contributed by atoms with Crippen molar-refractivity contribution in [1.29, 1.82) is 0 Å².